The third-order valence-corrected chi connectivity index (χ3v) is 4.80. The van der Waals surface area contributed by atoms with Crippen LogP contribution in [-0.4, -0.2) is 30.6 Å². The highest BCUT2D eigenvalue weighted by atomic mass is 32.1. The standard InChI is InChI=1S/C15H26N2S/c1-2-14-7-4-3-5-10-17(14)11-9-16-13-15-8-6-12-18-15/h6,8,12,14,16H,2-5,7,9-11,13H2,1H3. The van der Waals surface area contributed by atoms with Crippen molar-refractivity contribution >= 4 is 11.3 Å². The van der Waals surface area contributed by atoms with Crippen LogP contribution in [0.1, 0.15) is 43.9 Å². The van der Waals surface area contributed by atoms with Crippen molar-refractivity contribution in [3.8, 4) is 0 Å². The molecule has 1 fully saturated rings. The van der Waals surface area contributed by atoms with Crippen LogP contribution in [0.15, 0.2) is 17.5 Å². The van der Waals surface area contributed by atoms with Crippen LogP contribution in [0.3, 0.4) is 0 Å². The average molecular weight is 266 g/mol. The lowest BCUT2D eigenvalue weighted by molar-refractivity contribution is 0.195. The number of thiophene rings is 1. The number of rotatable bonds is 6. The van der Waals surface area contributed by atoms with Gasteiger partial charge in [0.15, 0.2) is 0 Å². The summed E-state index contributed by atoms with van der Waals surface area (Å²) in [5.41, 5.74) is 0. The van der Waals surface area contributed by atoms with Crippen molar-refractivity contribution in [1.29, 1.82) is 0 Å². The Morgan fingerprint density at radius 3 is 3.11 bits per heavy atom. The average Bonchev–Trinajstić information content (AvgIpc) is 2.80. The zero-order chi connectivity index (χ0) is 12.6. The minimum atomic E-state index is 0.830. The molecule has 2 rings (SSSR count). The summed E-state index contributed by atoms with van der Waals surface area (Å²) in [5.74, 6) is 0. The Hall–Kier alpha value is -0.380. The van der Waals surface area contributed by atoms with Gasteiger partial charge in [-0.15, -0.1) is 11.3 Å². The number of hydrogen-bond donors (Lipinski definition) is 1. The lowest BCUT2D eigenvalue weighted by Gasteiger charge is -2.29. The van der Waals surface area contributed by atoms with Gasteiger partial charge >= 0.3 is 0 Å². The molecule has 1 aromatic heterocycles. The maximum Gasteiger partial charge on any atom is 0.0300 e. The second-order valence-electron chi connectivity index (χ2n) is 5.20. The van der Waals surface area contributed by atoms with Gasteiger partial charge in [0, 0.05) is 30.6 Å². The highest BCUT2D eigenvalue weighted by Crippen LogP contribution is 2.18. The van der Waals surface area contributed by atoms with E-state index in [9.17, 15) is 0 Å². The molecule has 1 aromatic rings. The summed E-state index contributed by atoms with van der Waals surface area (Å²) in [4.78, 5) is 4.15. The molecule has 1 saturated heterocycles. The number of hydrogen-bond acceptors (Lipinski definition) is 3. The lowest BCUT2D eigenvalue weighted by atomic mass is 10.1. The van der Waals surface area contributed by atoms with Crippen molar-refractivity contribution < 1.29 is 0 Å². The fourth-order valence-electron chi connectivity index (χ4n) is 2.84. The van der Waals surface area contributed by atoms with E-state index in [1.807, 2.05) is 11.3 Å². The topological polar surface area (TPSA) is 15.3 Å². The van der Waals surface area contributed by atoms with Gasteiger partial charge in [0.25, 0.3) is 0 Å². The first-order chi connectivity index (χ1) is 8.90. The van der Waals surface area contributed by atoms with E-state index in [4.69, 9.17) is 0 Å². The first-order valence-electron chi connectivity index (χ1n) is 7.37. The van der Waals surface area contributed by atoms with E-state index in [0.717, 1.165) is 19.1 Å². The van der Waals surface area contributed by atoms with E-state index in [1.165, 1.54) is 50.1 Å². The predicted molar refractivity (Wildman–Crippen MR) is 80.1 cm³/mol. The summed E-state index contributed by atoms with van der Waals surface area (Å²) in [6, 6.07) is 5.17. The molecule has 2 nitrogen and oxygen atoms in total. The van der Waals surface area contributed by atoms with Crippen LogP contribution in [0.25, 0.3) is 0 Å². The lowest BCUT2D eigenvalue weighted by Crippen LogP contribution is -2.39. The summed E-state index contributed by atoms with van der Waals surface area (Å²) in [6.45, 7) is 7.00. The van der Waals surface area contributed by atoms with E-state index < -0.39 is 0 Å². The molecule has 102 valence electrons. The van der Waals surface area contributed by atoms with Crippen molar-refractivity contribution in [1.82, 2.24) is 10.2 Å². The van der Waals surface area contributed by atoms with Crippen LogP contribution >= 0.6 is 11.3 Å². The Balaban J connectivity index is 1.67. The molecule has 0 aromatic carbocycles. The molecule has 18 heavy (non-hydrogen) atoms. The largest absolute Gasteiger partial charge is 0.311 e. The Kier molecular flexibility index (Phi) is 6.18. The maximum absolute atomic E-state index is 3.57. The zero-order valence-electron chi connectivity index (χ0n) is 11.5. The Bertz CT molecular complexity index is 310. The molecular weight excluding hydrogens is 240 g/mol. The van der Waals surface area contributed by atoms with Crippen molar-refractivity contribution in [2.24, 2.45) is 0 Å². The van der Waals surface area contributed by atoms with Gasteiger partial charge in [-0.25, -0.2) is 0 Å². The fraction of sp³-hybridized carbons (Fsp3) is 0.733. The number of nitrogens with one attached hydrogen (secondary N) is 1. The Labute approximate surface area is 115 Å². The molecule has 0 saturated carbocycles. The maximum atomic E-state index is 3.57. The third kappa shape index (κ3) is 4.38. The van der Waals surface area contributed by atoms with Crippen molar-refractivity contribution in [2.75, 3.05) is 19.6 Å². The van der Waals surface area contributed by atoms with Crippen LogP contribution in [0, 0.1) is 0 Å². The highest BCUT2D eigenvalue weighted by molar-refractivity contribution is 7.09. The molecule has 1 atom stereocenters. The molecule has 3 heteroatoms. The van der Waals surface area contributed by atoms with Gasteiger partial charge in [-0.3, -0.25) is 4.90 Å². The zero-order valence-corrected chi connectivity index (χ0v) is 12.3. The van der Waals surface area contributed by atoms with Gasteiger partial charge in [0.05, 0.1) is 0 Å². The molecule has 0 spiro atoms. The van der Waals surface area contributed by atoms with Crippen molar-refractivity contribution in [2.45, 2.75) is 51.6 Å². The van der Waals surface area contributed by atoms with Gasteiger partial charge in [-0.05, 0) is 37.3 Å². The Morgan fingerprint density at radius 1 is 1.39 bits per heavy atom. The molecule has 0 amide bonds. The molecule has 0 aliphatic carbocycles. The molecule has 0 bridgehead atoms. The van der Waals surface area contributed by atoms with E-state index in [1.54, 1.807) is 0 Å². The van der Waals surface area contributed by atoms with E-state index in [0.29, 0.717) is 0 Å². The van der Waals surface area contributed by atoms with Crippen molar-refractivity contribution in [3.05, 3.63) is 22.4 Å². The van der Waals surface area contributed by atoms with Crippen LogP contribution in [0.4, 0.5) is 0 Å². The SMILES string of the molecule is CCC1CCCCCN1CCNCc1cccs1. The Morgan fingerprint density at radius 2 is 2.33 bits per heavy atom. The minimum Gasteiger partial charge on any atom is -0.311 e. The fourth-order valence-corrected chi connectivity index (χ4v) is 3.52. The van der Waals surface area contributed by atoms with E-state index in [2.05, 4.69) is 34.7 Å². The van der Waals surface area contributed by atoms with Gasteiger partial charge in [0.1, 0.15) is 0 Å². The normalized spacial score (nSPS) is 21.9. The quantitative estimate of drug-likeness (QED) is 0.793. The molecule has 1 unspecified atom stereocenters. The molecule has 1 aliphatic heterocycles. The number of likely N-dealkylation sites (tertiary alicyclic amines) is 1. The van der Waals surface area contributed by atoms with Gasteiger partial charge in [-0.2, -0.15) is 0 Å². The van der Waals surface area contributed by atoms with Gasteiger partial charge < -0.3 is 5.32 Å². The molecule has 1 aliphatic rings. The molecule has 2 heterocycles. The summed E-state index contributed by atoms with van der Waals surface area (Å²) < 4.78 is 0. The van der Waals surface area contributed by atoms with E-state index >= 15 is 0 Å². The van der Waals surface area contributed by atoms with Crippen LogP contribution in [0.5, 0.6) is 0 Å². The molecule has 1 N–H and O–H groups in total. The van der Waals surface area contributed by atoms with Crippen LogP contribution in [-0.2, 0) is 6.54 Å². The third-order valence-electron chi connectivity index (χ3n) is 3.93. The van der Waals surface area contributed by atoms with Crippen LogP contribution < -0.4 is 5.32 Å². The summed E-state index contributed by atoms with van der Waals surface area (Å²) in [6.07, 6.45) is 6.96. The summed E-state index contributed by atoms with van der Waals surface area (Å²) in [5, 5.41) is 5.72. The summed E-state index contributed by atoms with van der Waals surface area (Å²) in [7, 11) is 0. The first-order valence-corrected chi connectivity index (χ1v) is 8.25. The highest BCUT2D eigenvalue weighted by Gasteiger charge is 2.18. The minimum absolute atomic E-state index is 0.830. The van der Waals surface area contributed by atoms with E-state index in [-0.39, 0.29) is 0 Å². The monoisotopic (exact) mass is 266 g/mol. The second kappa shape index (κ2) is 7.93. The molecule has 0 radical (unpaired) electrons. The van der Waals surface area contributed by atoms with Gasteiger partial charge in [0.2, 0.25) is 0 Å². The predicted octanol–water partition coefficient (Wildman–Crippen LogP) is 3.49. The first kappa shape index (κ1) is 14.0. The number of nitrogens with zero attached hydrogens (tertiary/aromatic N) is 1. The van der Waals surface area contributed by atoms with Gasteiger partial charge in [-0.1, -0.05) is 25.8 Å². The van der Waals surface area contributed by atoms with Crippen molar-refractivity contribution in [3.63, 3.8) is 0 Å². The second-order valence-corrected chi connectivity index (χ2v) is 6.24. The summed E-state index contributed by atoms with van der Waals surface area (Å²) >= 11 is 1.84. The van der Waals surface area contributed by atoms with Crippen LogP contribution in [0.2, 0.25) is 0 Å². The molecular formula is C15H26N2S. The smallest absolute Gasteiger partial charge is 0.0300 e.